The van der Waals surface area contributed by atoms with E-state index in [1.54, 1.807) is 0 Å². The third kappa shape index (κ3) is 7.84. The molecule has 1 aromatic heterocycles. The number of nitrogens with zero attached hydrogens (tertiary/aromatic N) is 2. The summed E-state index contributed by atoms with van der Waals surface area (Å²) in [6.45, 7) is 0. The van der Waals surface area contributed by atoms with Crippen LogP contribution in [0.25, 0.3) is 72.1 Å². The molecule has 0 radical (unpaired) electrons. The smallest absolute Gasteiger partial charge is 0.160 e. The lowest BCUT2D eigenvalue weighted by molar-refractivity contribution is 0.669. The molecule has 74 heavy (non-hydrogen) atoms. The highest BCUT2D eigenvalue weighted by atomic mass is 16.3. The molecule has 2 unspecified atom stereocenters. The van der Waals surface area contributed by atoms with E-state index in [4.69, 9.17) is 14.4 Å². The molecule has 352 valence electrons. The lowest BCUT2D eigenvalue weighted by Crippen LogP contribution is -2.04. The van der Waals surface area contributed by atoms with Gasteiger partial charge in [-0.1, -0.05) is 212 Å². The average molecular weight is 949 g/mol. The van der Waals surface area contributed by atoms with Crippen molar-refractivity contribution in [1.29, 1.82) is 0 Å². The second kappa shape index (κ2) is 18.6. The Balaban J connectivity index is 0.866. The van der Waals surface area contributed by atoms with Gasteiger partial charge in [-0.25, -0.2) is 9.98 Å². The summed E-state index contributed by atoms with van der Waals surface area (Å²) in [5.41, 5.74) is 25.6. The van der Waals surface area contributed by atoms with Gasteiger partial charge in [0.05, 0.1) is 11.4 Å². The van der Waals surface area contributed by atoms with Crippen LogP contribution in [0.3, 0.4) is 0 Å². The quantitative estimate of drug-likeness (QED) is 0.142. The van der Waals surface area contributed by atoms with Gasteiger partial charge in [0.15, 0.2) is 5.84 Å². The maximum absolute atomic E-state index is 6.68. The van der Waals surface area contributed by atoms with E-state index >= 15 is 0 Å². The van der Waals surface area contributed by atoms with Gasteiger partial charge in [-0.2, -0.15) is 0 Å². The lowest BCUT2D eigenvalue weighted by Gasteiger charge is -2.20. The maximum Gasteiger partial charge on any atom is 0.160 e. The molecule has 11 aromatic rings. The fourth-order valence-electron chi connectivity index (χ4n) is 12.4. The van der Waals surface area contributed by atoms with E-state index in [1.807, 2.05) is 24.3 Å². The number of benzene rings is 10. The Bertz CT molecular complexity index is 4030. The zero-order valence-corrected chi connectivity index (χ0v) is 41.1. The Hall–Kier alpha value is -8.92. The standard InChI is InChI=1S/C71H52N2O/c1-5-17-46(18-6-1)31-34-58-56-27-13-14-28-60(56)69-61(58)39-37-59-62(69)38-36-54(47-19-7-2-8-20-47)57-35-32-50(44-63(57)59)51-33-42-67-64(45-51)70-55(29-16-30-68(70)74-67)52-25-15-26-53(43-52)66-41-40-65(48-21-9-3-10-22-48)72-71(73-66)49-23-11-4-12-24-49/h1-30,32-33,35,37,39,41-45,54,58H,31,34,36,38,40H2. The molecule has 3 heteroatoms. The number of furan rings is 1. The van der Waals surface area contributed by atoms with Crippen molar-refractivity contribution in [3.63, 3.8) is 0 Å². The van der Waals surface area contributed by atoms with Crippen molar-refractivity contribution in [3.8, 4) is 44.5 Å². The van der Waals surface area contributed by atoms with Crippen molar-refractivity contribution in [3.05, 3.63) is 293 Å². The molecule has 10 aromatic carbocycles. The fourth-order valence-corrected chi connectivity index (χ4v) is 12.4. The minimum Gasteiger partial charge on any atom is -0.456 e. The average Bonchev–Trinajstić information content (AvgIpc) is 3.84. The number of aliphatic imine (C=N–C) groups is 2. The van der Waals surface area contributed by atoms with Gasteiger partial charge in [0, 0.05) is 40.2 Å². The molecule has 0 bridgehead atoms. The van der Waals surface area contributed by atoms with Gasteiger partial charge in [-0.3, -0.25) is 0 Å². The first-order valence-electron chi connectivity index (χ1n) is 26.2. The number of hydrogen-bond acceptors (Lipinski definition) is 3. The van der Waals surface area contributed by atoms with E-state index in [0.717, 1.165) is 86.8 Å². The van der Waals surface area contributed by atoms with Crippen molar-refractivity contribution in [1.82, 2.24) is 0 Å². The molecule has 0 spiro atoms. The van der Waals surface area contributed by atoms with Crippen molar-refractivity contribution < 1.29 is 4.42 Å². The summed E-state index contributed by atoms with van der Waals surface area (Å²) in [4.78, 5) is 10.4. The molecule has 0 saturated heterocycles. The zero-order valence-electron chi connectivity index (χ0n) is 41.1. The van der Waals surface area contributed by atoms with E-state index < -0.39 is 0 Å². The minimum absolute atomic E-state index is 0.273. The first-order chi connectivity index (χ1) is 36.7. The Morgan fingerprint density at radius 2 is 1.12 bits per heavy atom. The molecule has 14 rings (SSSR count). The van der Waals surface area contributed by atoms with Gasteiger partial charge in [-0.05, 0) is 139 Å². The van der Waals surface area contributed by atoms with Gasteiger partial charge < -0.3 is 4.42 Å². The molecule has 0 saturated carbocycles. The lowest BCUT2D eigenvalue weighted by atomic mass is 9.84. The van der Waals surface area contributed by atoms with E-state index in [9.17, 15) is 0 Å². The molecule has 3 nitrogen and oxygen atoms in total. The van der Waals surface area contributed by atoms with E-state index in [0.29, 0.717) is 18.2 Å². The molecular formula is C71H52N2O. The highest BCUT2D eigenvalue weighted by Crippen LogP contribution is 2.53. The van der Waals surface area contributed by atoms with Crippen molar-refractivity contribution in [2.75, 3.05) is 0 Å². The predicted octanol–water partition coefficient (Wildman–Crippen LogP) is 18.1. The Morgan fingerprint density at radius 1 is 0.446 bits per heavy atom. The zero-order chi connectivity index (χ0) is 49.0. The van der Waals surface area contributed by atoms with Crippen LogP contribution in [0.1, 0.15) is 81.2 Å². The van der Waals surface area contributed by atoms with Crippen LogP contribution in [-0.4, -0.2) is 11.5 Å². The largest absolute Gasteiger partial charge is 0.456 e. The van der Waals surface area contributed by atoms with E-state index in [2.05, 4.69) is 218 Å². The van der Waals surface area contributed by atoms with Crippen LogP contribution in [-0.2, 0) is 12.8 Å². The van der Waals surface area contributed by atoms with Gasteiger partial charge in [0.25, 0.3) is 0 Å². The van der Waals surface area contributed by atoms with Crippen LogP contribution in [0, 0.1) is 0 Å². The van der Waals surface area contributed by atoms with Crippen LogP contribution in [0.4, 0.5) is 0 Å². The Kier molecular flexibility index (Phi) is 11.0. The molecule has 0 amide bonds. The summed E-state index contributed by atoms with van der Waals surface area (Å²) < 4.78 is 6.68. The predicted molar refractivity (Wildman–Crippen MR) is 307 cm³/mol. The molecular weight excluding hydrogens is 897 g/mol. The summed E-state index contributed by atoms with van der Waals surface area (Å²) in [6.07, 6.45) is 7.09. The van der Waals surface area contributed by atoms with Gasteiger partial charge in [0.2, 0.25) is 0 Å². The first kappa shape index (κ1) is 43.8. The number of hydrogen-bond donors (Lipinski definition) is 0. The fraction of sp³-hybridized carbons (Fsp3) is 0.0986. The third-order valence-electron chi connectivity index (χ3n) is 15.9. The summed E-state index contributed by atoms with van der Waals surface area (Å²) in [7, 11) is 0. The Labute approximate surface area is 432 Å². The molecule has 2 aliphatic carbocycles. The molecule has 1 aliphatic heterocycles. The Morgan fingerprint density at radius 3 is 1.96 bits per heavy atom. The summed E-state index contributed by atoms with van der Waals surface area (Å²) >= 11 is 0. The summed E-state index contributed by atoms with van der Waals surface area (Å²) in [5.74, 6) is 1.35. The van der Waals surface area contributed by atoms with Crippen molar-refractivity contribution >= 4 is 39.2 Å². The number of fused-ring (bicyclic) bond motifs is 10. The van der Waals surface area contributed by atoms with Crippen LogP contribution in [0.15, 0.2) is 257 Å². The van der Waals surface area contributed by atoms with Crippen LogP contribution < -0.4 is 0 Å². The van der Waals surface area contributed by atoms with Crippen molar-refractivity contribution in [2.24, 2.45) is 9.98 Å². The van der Waals surface area contributed by atoms with Gasteiger partial charge in [-0.15, -0.1) is 0 Å². The van der Waals surface area contributed by atoms with Gasteiger partial charge >= 0.3 is 0 Å². The van der Waals surface area contributed by atoms with E-state index in [1.165, 1.54) is 66.8 Å². The normalized spacial score (nSPS) is 15.8. The van der Waals surface area contributed by atoms with Gasteiger partial charge in [0.1, 0.15) is 11.2 Å². The topological polar surface area (TPSA) is 37.9 Å². The highest BCUT2D eigenvalue weighted by Gasteiger charge is 2.34. The van der Waals surface area contributed by atoms with Crippen LogP contribution >= 0.6 is 0 Å². The SMILES string of the molecule is C1=C(c2cccc(-c3cccc4oc5ccc(-c6ccc7c(c6)-c6ccc8c(c6CCC7c6ccccc6)-c6ccccc6C8CCc6ccccc6)cc5c34)c2)N=C(c2ccccc2)N=C(c2ccccc2)C1. The molecule has 2 atom stereocenters. The van der Waals surface area contributed by atoms with Crippen LogP contribution in [0.2, 0.25) is 0 Å². The highest BCUT2D eigenvalue weighted by molar-refractivity contribution is 6.16. The van der Waals surface area contributed by atoms with Crippen LogP contribution in [0.5, 0.6) is 0 Å². The summed E-state index contributed by atoms with van der Waals surface area (Å²) in [6, 6.07) is 86.3. The second-order valence-corrected chi connectivity index (χ2v) is 20.1. The monoisotopic (exact) mass is 948 g/mol. The third-order valence-corrected chi connectivity index (χ3v) is 15.9. The first-order valence-corrected chi connectivity index (χ1v) is 26.2. The molecule has 0 fully saturated rings. The molecule has 2 heterocycles. The maximum atomic E-state index is 6.68. The second-order valence-electron chi connectivity index (χ2n) is 20.1. The minimum atomic E-state index is 0.273. The number of allylic oxidation sites excluding steroid dienone is 1. The number of amidine groups is 1. The number of rotatable bonds is 9. The number of aryl methyl sites for hydroxylation is 1. The van der Waals surface area contributed by atoms with Crippen molar-refractivity contribution in [2.45, 2.75) is 43.9 Å². The van der Waals surface area contributed by atoms with E-state index in [-0.39, 0.29) is 5.92 Å². The summed E-state index contributed by atoms with van der Waals surface area (Å²) in [5, 5.41) is 2.21. The molecule has 3 aliphatic rings. The molecule has 0 N–H and O–H groups in total.